The quantitative estimate of drug-likeness (QED) is 0.706. The zero-order valence-corrected chi connectivity index (χ0v) is 7.57. The van der Waals surface area contributed by atoms with E-state index in [4.69, 9.17) is 9.78 Å². The fourth-order valence-corrected chi connectivity index (χ4v) is 1.35. The summed E-state index contributed by atoms with van der Waals surface area (Å²) in [6.07, 6.45) is 1.05. The molecule has 0 aromatic heterocycles. The molecule has 3 heteroatoms. The first-order valence-corrected chi connectivity index (χ1v) is 4.48. The number of nitrogens with one attached hydrogen (secondary N) is 1. The van der Waals surface area contributed by atoms with Gasteiger partial charge in [0.25, 0.3) is 0 Å². The number of rotatable bonds is 2. The summed E-state index contributed by atoms with van der Waals surface area (Å²) < 4.78 is 0. The lowest BCUT2D eigenvalue weighted by Gasteiger charge is -2.10. The minimum absolute atomic E-state index is 0.0163. The molecular weight excluding hydrogens is 166 g/mol. The minimum atomic E-state index is -0.0163. The normalized spacial score (nSPS) is 27.5. The van der Waals surface area contributed by atoms with E-state index in [1.54, 1.807) is 0 Å². The summed E-state index contributed by atoms with van der Waals surface area (Å²) in [5.41, 5.74) is 1.06. The van der Waals surface area contributed by atoms with Gasteiger partial charge in [0, 0.05) is 12.1 Å². The van der Waals surface area contributed by atoms with Gasteiger partial charge in [-0.3, -0.25) is 0 Å². The van der Waals surface area contributed by atoms with Crippen LogP contribution in [-0.4, -0.2) is 12.3 Å². The van der Waals surface area contributed by atoms with Gasteiger partial charge in [-0.1, -0.05) is 18.2 Å². The van der Waals surface area contributed by atoms with E-state index in [2.05, 4.69) is 5.32 Å². The molecule has 1 heterocycles. The van der Waals surface area contributed by atoms with Gasteiger partial charge in [0.2, 0.25) is 0 Å². The first-order chi connectivity index (χ1) is 6.34. The molecule has 0 amide bonds. The number of hydrogen-bond donors (Lipinski definition) is 1. The van der Waals surface area contributed by atoms with Gasteiger partial charge in [-0.2, -0.15) is 0 Å². The highest BCUT2D eigenvalue weighted by Crippen LogP contribution is 2.18. The summed E-state index contributed by atoms with van der Waals surface area (Å²) in [7, 11) is 0. The second-order valence-electron chi connectivity index (χ2n) is 3.24. The van der Waals surface area contributed by atoms with Crippen molar-refractivity contribution in [1.29, 1.82) is 0 Å². The Hall–Kier alpha value is -1.06. The Morgan fingerprint density at radius 3 is 2.62 bits per heavy atom. The van der Waals surface area contributed by atoms with Crippen molar-refractivity contribution < 1.29 is 9.78 Å². The van der Waals surface area contributed by atoms with Crippen molar-refractivity contribution in [1.82, 2.24) is 0 Å². The molecule has 2 atom stereocenters. The summed E-state index contributed by atoms with van der Waals surface area (Å²) in [4.78, 5) is 10.0. The number of anilines is 1. The van der Waals surface area contributed by atoms with Crippen LogP contribution in [0.3, 0.4) is 0 Å². The second-order valence-corrected chi connectivity index (χ2v) is 3.24. The van der Waals surface area contributed by atoms with E-state index in [0.717, 1.165) is 12.1 Å². The van der Waals surface area contributed by atoms with Gasteiger partial charge < -0.3 is 5.32 Å². The molecule has 3 nitrogen and oxygen atoms in total. The highest BCUT2D eigenvalue weighted by molar-refractivity contribution is 5.42. The van der Waals surface area contributed by atoms with Crippen LogP contribution in [0, 0.1) is 0 Å². The van der Waals surface area contributed by atoms with Crippen LogP contribution in [0.2, 0.25) is 0 Å². The number of hydrogen-bond acceptors (Lipinski definition) is 3. The Balaban J connectivity index is 1.92. The molecule has 0 saturated carbocycles. The van der Waals surface area contributed by atoms with Crippen LogP contribution in [0.15, 0.2) is 30.3 Å². The molecule has 1 saturated heterocycles. The maximum absolute atomic E-state index is 5.06. The first kappa shape index (κ1) is 8.53. The van der Waals surface area contributed by atoms with E-state index >= 15 is 0 Å². The van der Waals surface area contributed by atoms with Crippen molar-refractivity contribution in [3.05, 3.63) is 30.3 Å². The molecule has 13 heavy (non-hydrogen) atoms. The van der Waals surface area contributed by atoms with Gasteiger partial charge in [0.05, 0.1) is 6.10 Å². The van der Waals surface area contributed by atoms with Gasteiger partial charge in [-0.05, 0) is 19.1 Å². The summed E-state index contributed by atoms with van der Waals surface area (Å²) in [5, 5.41) is 3.22. The predicted octanol–water partition coefficient (Wildman–Crippen LogP) is 2.17. The zero-order chi connectivity index (χ0) is 9.10. The third-order valence-corrected chi connectivity index (χ3v) is 1.98. The first-order valence-electron chi connectivity index (χ1n) is 4.48. The van der Waals surface area contributed by atoms with Crippen molar-refractivity contribution in [3.8, 4) is 0 Å². The summed E-state index contributed by atoms with van der Waals surface area (Å²) in [6, 6.07) is 9.97. The summed E-state index contributed by atoms with van der Waals surface area (Å²) in [6.45, 7) is 1.99. The van der Waals surface area contributed by atoms with Crippen LogP contribution in [0.5, 0.6) is 0 Å². The van der Waals surface area contributed by atoms with E-state index in [1.807, 2.05) is 37.3 Å². The Kier molecular flexibility index (Phi) is 2.47. The molecule has 70 valence electrons. The van der Waals surface area contributed by atoms with Crippen molar-refractivity contribution in [2.45, 2.75) is 25.7 Å². The predicted molar refractivity (Wildman–Crippen MR) is 50.1 cm³/mol. The molecular formula is C10H13NO2. The van der Waals surface area contributed by atoms with Crippen LogP contribution in [0.25, 0.3) is 0 Å². The second kappa shape index (κ2) is 3.77. The Morgan fingerprint density at radius 2 is 2.00 bits per heavy atom. The monoisotopic (exact) mass is 179 g/mol. The van der Waals surface area contributed by atoms with Crippen LogP contribution < -0.4 is 5.32 Å². The lowest BCUT2D eigenvalue weighted by molar-refractivity contribution is -0.288. The van der Waals surface area contributed by atoms with Crippen LogP contribution >= 0.6 is 0 Å². The van der Waals surface area contributed by atoms with Gasteiger partial charge in [0.1, 0.15) is 0 Å². The average molecular weight is 179 g/mol. The van der Waals surface area contributed by atoms with Crippen LogP contribution in [0.1, 0.15) is 13.3 Å². The van der Waals surface area contributed by atoms with Crippen molar-refractivity contribution in [3.63, 3.8) is 0 Å². The Morgan fingerprint density at radius 1 is 1.23 bits per heavy atom. The smallest absolute Gasteiger partial charge is 0.165 e. The zero-order valence-electron chi connectivity index (χ0n) is 7.57. The van der Waals surface area contributed by atoms with Crippen LogP contribution in [-0.2, 0) is 9.78 Å². The van der Waals surface area contributed by atoms with Gasteiger partial charge in [-0.15, -0.1) is 0 Å². The molecule has 1 fully saturated rings. The maximum Gasteiger partial charge on any atom is 0.165 e. The summed E-state index contributed by atoms with van der Waals surface area (Å²) in [5.74, 6) is 0. The third kappa shape index (κ3) is 2.20. The number of benzene rings is 1. The largest absolute Gasteiger partial charge is 0.358 e. The molecule has 1 aromatic carbocycles. The Bertz CT molecular complexity index is 263. The van der Waals surface area contributed by atoms with E-state index in [0.29, 0.717) is 0 Å². The molecule has 1 aliphatic rings. The van der Waals surface area contributed by atoms with Crippen molar-refractivity contribution >= 4 is 5.69 Å². The van der Waals surface area contributed by atoms with E-state index in [9.17, 15) is 0 Å². The molecule has 0 bridgehead atoms. The van der Waals surface area contributed by atoms with Gasteiger partial charge in [0.15, 0.2) is 6.23 Å². The van der Waals surface area contributed by atoms with E-state index < -0.39 is 0 Å². The van der Waals surface area contributed by atoms with Gasteiger partial charge >= 0.3 is 0 Å². The van der Waals surface area contributed by atoms with E-state index in [1.165, 1.54) is 0 Å². The van der Waals surface area contributed by atoms with Crippen molar-refractivity contribution in [2.24, 2.45) is 0 Å². The average Bonchev–Trinajstić information content (AvgIpc) is 2.53. The molecule has 0 unspecified atom stereocenters. The molecule has 1 aromatic rings. The lowest BCUT2D eigenvalue weighted by Crippen LogP contribution is -2.17. The molecule has 1 aliphatic heterocycles. The Labute approximate surface area is 77.6 Å². The fraction of sp³-hybridized carbons (Fsp3) is 0.400. The lowest BCUT2D eigenvalue weighted by atomic mass is 10.2. The molecule has 1 N–H and O–H groups in total. The fourth-order valence-electron chi connectivity index (χ4n) is 1.35. The molecule has 2 rings (SSSR count). The molecule has 0 spiro atoms. The van der Waals surface area contributed by atoms with Gasteiger partial charge in [-0.25, -0.2) is 9.78 Å². The molecule has 0 radical (unpaired) electrons. The van der Waals surface area contributed by atoms with E-state index in [-0.39, 0.29) is 12.3 Å². The summed E-state index contributed by atoms with van der Waals surface area (Å²) >= 11 is 0. The minimum Gasteiger partial charge on any atom is -0.358 e. The third-order valence-electron chi connectivity index (χ3n) is 1.98. The molecule has 0 aliphatic carbocycles. The highest BCUT2D eigenvalue weighted by atomic mass is 17.2. The SMILES string of the molecule is C[C@H]1C[C@H](Nc2ccccc2)OO1. The maximum atomic E-state index is 5.06. The topological polar surface area (TPSA) is 30.5 Å². The van der Waals surface area contributed by atoms with Crippen LogP contribution in [0.4, 0.5) is 5.69 Å². The van der Waals surface area contributed by atoms with Crippen molar-refractivity contribution in [2.75, 3.05) is 5.32 Å². The standard InChI is InChI=1S/C10H13NO2/c1-8-7-10(13-12-8)11-9-5-3-2-4-6-9/h2-6,8,10-11H,7H2,1H3/t8-,10+/m0/s1. The number of para-hydroxylation sites is 1. The highest BCUT2D eigenvalue weighted by Gasteiger charge is 2.23.